The number of aromatic nitrogens is 4. The summed E-state index contributed by atoms with van der Waals surface area (Å²) in [5.74, 6) is 0.627. The fraction of sp³-hybridized carbons (Fsp3) is 0. The molecule has 0 radical (unpaired) electrons. The number of hydrogen-bond donors (Lipinski definition) is 2. The smallest absolute Gasteiger partial charge is 0.264 e. The summed E-state index contributed by atoms with van der Waals surface area (Å²) in [5.41, 5.74) is 0.669. The Bertz CT molecular complexity index is 815. The molecule has 3 aromatic rings. The highest BCUT2D eigenvalue weighted by Gasteiger charge is 2.15. The van der Waals surface area contributed by atoms with E-state index in [0.717, 1.165) is 0 Å². The van der Waals surface area contributed by atoms with Gasteiger partial charge in [0.15, 0.2) is 0 Å². The van der Waals surface area contributed by atoms with Crippen LogP contribution in [-0.2, 0) is 10.0 Å². The Labute approximate surface area is 121 Å². The molecule has 106 valence electrons. The van der Waals surface area contributed by atoms with Crippen LogP contribution in [0.5, 0.6) is 0 Å². The van der Waals surface area contributed by atoms with Crippen LogP contribution < -0.4 is 4.72 Å². The molecule has 0 bridgehead atoms. The monoisotopic (exact) mass is 301 g/mol. The highest BCUT2D eigenvalue weighted by atomic mass is 32.2. The van der Waals surface area contributed by atoms with Gasteiger partial charge in [0, 0.05) is 24.8 Å². The van der Waals surface area contributed by atoms with Gasteiger partial charge in [0.25, 0.3) is 10.0 Å². The van der Waals surface area contributed by atoms with E-state index in [1.54, 1.807) is 30.6 Å². The van der Waals surface area contributed by atoms with Gasteiger partial charge >= 0.3 is 0 Å². The number of benzene rings is 1. The highest BCUT2D eigenvalue weighted by molar-refractivity contribution is 7.92. The first-order valence-electron chi connectivity index (χ1n) is 6.05. The minimum absolute atomic E-state index is 0.00848. The number of anilines is 1. The fourth-order valence-corrected chi connectivity index (χ4v) is 2.68. The van der Waals surface area contributed by atoms with Crippen molar-refractivity contribution in [3.8, 4) is 11.4 Å². The topological polar surface area (TPSA) is 101 Å². The van der Waals surface area contributed by atoms with Gasteiger partial charge < -0.3 is 4.98 Å². The predicted octanol–water partition coefficient (Wildman–Crippen LogP) is 1.67. The van der Waals surface area contributed by atoms with Crippen molar-refractivity contribution in [3.63, 3.8) is 0 Å². The predicted molar refractivity (Wildman–Crippen MR) is 76.9 cm³/mol. The molecule has 0 saturated heterocycles. The summed E-state index contributed by atoms with van der Waals surface area (Å²) in [5, 5.41) is 0. The Morgan fingerprint density at radius 1 is 1.00 bits per heavy atom. The van der Waals surface area contributed by atoms with Crippen LogP contribution in [0.25, 0.3) is 11.4 Å². The molecule has 0 aliphatic rings. The first-order chi connectivity index (χ1) is 10.1. The normalized spacial score (nSPS) is 11.2. The van der Waals surface area contributed by atoms with Crippen LogP contribution in [0, 0.1) is 0 Å². The lowest BCUT2D eigenvalue weighted by Crippen LogP contribution is -2.14. The first kappa shape index (κ1) is 13.3. The van der Waals surface area contributed by atoms with Gasteiger partial charge in [0.1, 0.15) is 5.82 Å². The molecule has 1 aromatic carbocycles. The van der Waals surface area contributed by atoms with Gasteiger partial charge in [0.2, 0.25) is 5.95 Å². The van der Waals surface area contributed by atoms with Crippen molar-refractivity contribution in [2.75, 3.05) is 4.72 Å². The Hall–Kier alpha value is -2.74. The molecule has 0 fully saturated rings. The standard InChI is InChI=1S/C13H11N5O2S/c19-21(20,11-4-2-1-3-5-11)18-13-16-8-10(9-17-13)12-14-6-7-15-12/h1-9H,(H,14,15)(H,16,17,18). The zero-order valence-corrected chi connectivity index (χ0v) is 11.6. The lowest BCUT2D eigenvalue weighted by Gasteiger charge is -2.06. The molecule has 0 aliphatic carbocycles. The summed E-state index contributed by atoms with van der Waals surface area (Å²) in [6.07, 6.45) is 6.28. The van der Waals surface area contributed by atoms with Gasteiger partial charge in [0.05, 0.1) is 10.5 Å². The zero-order chi connectivity index (χ0) is 14.7. The van der Waals surface area contributed by atoms with Crippen LogP contribution in [0.2, 0.25) is 0 Å². The van der Waals surface area contributed by atoms with E-state index in [1.165, 1.54) is 24.5 Å². The molecule has 0 amide bonds. The number of imidazole rings is 1. The summed E-state index contributed by atoms with van der Waals surface area (Å²) in [7, 11) is -3.68. The molecule has 8 heteroatoms. The second kappa shape index (κ2) is 5.33. The average Bonchev–Trinajstić information content (AvgIpc) is 3.03. The number of nitrogens with one attached hydrogen (secondary N) is 2. The molecular formula is C13H11N5O2S. The summed E-state index contributed by atoms with van der Waals surface area (Å²) in [6, 6.07) is 8.04. The first-order valence-corrected chi connectivity index (χ1v) is 7.53. The Morgan fingerprint density at radius 3 is 2.33 bits per heavy atom. The fourth-order valence-electron chi connectivity index (χ4n) is 1.70. The Balaban J connectivity index is 1.83. The number of aromatic amines is 1. The molecule has 0 spiro atoms. The van der Waals surface area contributed by atoms with Crippen molar-refractivity contribution in [1.29, 1.82) is 0 Å². The summed E-state index contributed by atoms with van der Waals surface area (Å²) in [6.45, 7) is 0. The van der Waals surface area contributed by atoms with Crippen molar-refractivity contribution in [1.82, 2.24) is 19.9 Å². The maximum absolute atomic E-state index is 12.1. The van der Waals surface area contributed by atoms with Crippen LogP contribution in [0.4, 0.5) is 5.95 Å². The number of sulfonamides is 1. The molecule has 0 aliphatic heterocycles. The molecule has 0 atom stereocenters. The van der Waals surface area contributed by atoms with E-state index < -0.39 is 10.0 Å². The molecule has 2 heterocycles. The van der Waals surface area contributed by atoms with Crippen molar-refractivity contribution in [2.45, 2.75) is 4.90 Å². The number of rotatable bonds is 4. The van der Waals surface area contributed by atoms with Crippen molar-refractivity contribution in [3.05, 3.63) is 55.1 Å². The van der Waals surface area contributed by atoms with E-state index in [0.29, 0.717) is 11.4 Å². The third kappa shape index (κ3) is 2.90. The minimum atomic E-state index is -3.68. The van der Waals surface area contributed by atoms with Crippen LogP contribution in [-0.4, -0.2) is 28.4 Å². The second-order valence-electron chi connectivity index (χ2n) is 4.15. The number of H-pyrrole nitrogens is 1. The van der Waals surface area contributed by atoms with E-state index in [2.05, 4.69) is 24.7 Å². The highest BCUT2D eigenvalue weighted by Crippen LogP contribution is 2.15. The molecule has 0 unspecified atom stereocenters. The van der Waals surface area contributed by atoms with Crippen LogP contribution in [0.1, 0.15) is 0 Å². The van der Waals surface area contributed by atoms with Crippen molar-refractivity contribution in [2.24, 2.45) is 0 Å². The number of hydrogen-bond acceptors (Lipinski definition) is 5. The molecule has 3 rings (SSSR count). The number of nitrogens with zero attached hydrogens (tertiary/aromatic N) is 3. The second-order valence-corrected chi connectivity index (χ2v) is 5.83. The molecular weight excluding hydrogens is 290 g/mol. The van der Waals surface area contributed by atoms with Gasteiger partial charge in [-0.15, -0.1) is 0 Å². The van der Waals surface area contributed by atoms with Gasteiger partial charge in [-0.1, -0.05) is 18.2 Å². The lowest BCUT2D eigenvalue weighted by molar-refractivity contribution is 0.601. The zero-order valence-electron chi connectivity index (χ0n) is 10.8. The summed E-state index contributed by atoms with van der Waals surface area (Å²) < 4.78 is 26.5. The molecule has 21 heavy (non-hydrogen) atoms. The van der Waals surface area contributed by atoms with E-state index in [1.807, 2.05) is 0 Å². The third-order valence-electron chi connectivity index (χ3n) is 2.70. The van der Waals surface area contributed by atoms with E-state index in [9.17, 15) is 8.42 Å². The minimum Gasteiger partial charge on any atom is -0.345 e. The summed E-state index contributed by atoms with van der Waals surface area (Å²) >= 11 is 0. The Kier molecular flexibility index (Phi) is 3.36. The SMILES string of the molecule is O=S(=O)(Nc1ncc(-c2ncc[nH]2)cn1)c1ccccc1. The quantitative estimate of drug-likeness (QED) is 0.763. The molecule has 2 aromatic heterocycles. The van der Waals surface area contributed by atoms with Crippen LogP contribution >= 0.6 is 0 Å². The molecule has 0 saturated carbocycles. The maximum atomic E-state index is 12.1. The van der Waals surface area contributed by atoms with Gasteiger partial charge in [-0.3, -0.25) is 0 Å². The van der Waals surface area contributed by atoms with E-state index in [-0.39, 0.29) is 10.8 Å². The van der Waals surface area contributed by atoms with Gasteiger partial charge in [-0.05, 0) is 12.1 Å². The van der Waals surface area contributed by atoms with Crippen LogP contribution in [0.3, 0.4) is 0 Å². The van der Waals surface area contributed by atoms with E-state index in [4.69, 9.17) is 0 Å². The van der Waals surface area contributed by atoms with Crippen molar-refractivity contribution >= 4 is 16.0 Å². The molecule has 2 N–H and O–H groups in total. The maximum Gasteiger partial charge on any atom is 0.264 e. The lowest BCUT2D eigenvalue weighted by atomic mass is 10.3. The van der Waals surface area contributed by atoms with E-state index >= 15 is 0 Å². The summed E-state index contributed by atoms with van der Waals surface area (Å²) in [4.78, 5) is 15.1. The van der Waals surface area contributed by atoms with Gasteiger partial charge in [-0.25, -0.2) is 28.1 Å². The van der Waals surface area contributed by atoms with Gasteiger partial charge in [-0.2, -0.15) is 0 Å². The Morgan fingerprint density at radius 2 is 1.71 bits per heavy atom. The van der Waals surface area contributed by atoms with Crippen molar-refractivity contribution < 1.29 is 8.42 Å². The average molecular weight is 301 g/mol. The largest absolute Gasteiger partial charge is 0.345 e. The molecule has 7 nitrogen and oxygen atoms in total. The third-order valence-corrected chi connectivity index (χ3v) is 4.05. The van der Waals surface area contributed by atoms with Crippen LogP contribution in [0.15, 0.2) is 60.0 Å².